The first-order valence-corrected chi connectivity index (χ1v) is 9.99. The van der Waals surface area contributed by atoms with Crippen molar-refractivity contribution in [2.45, 2.75) is 86.0 Å². The molecule has 0 bridgehead atoms. The molecule has 14 atom stereocenters. The Labute approximate surface area is 181 Å². The van der Waals surface area contributed by atoms with E-state index in [0.717, 1.165) is 0 Å². The van der Waals surface area contributed by atoms with Crippen LogP contribution in [0, 0.1) is 0 Å². The van der Waals surface area contributed by atoms with E-state index >= 15 is 0 Å². The number of hydrogen-bond acceptors (Lipinski definition) is 15. The van der Waals surface area contributed by atoms with Crippen molar-refractivity contribution in [3.63, 3.8) is 0 Å². The van der Waals surface area contributed by atoms with Gasteiger partial charge in [-0.05, 0) is 0 Å². The summed E-state index contributed by atoms with van der Waals surface area (Å²) in [6, 6.07) is 0. The third-order valence-electron chi connectivity index (χ3n) is 5.68. The molecule has 0 radical (unpaired) electrons. The van der Waals surface area contributed by atoms with Gasteiger partial charge in [0.2, 0.25) is 0 Å². The van der Waals surface area contributed by atoms with Crippen molar-refractivity contribution in [2.24, 2.45) is 0 Å². The number of hydrogen-bond donors (Lipinski definition) is 10. The lowest BCUT2D eigenvalue weighted by atomic mass is 9.98. The molecular weight excluding hydrogens is 444 g/mol. The van der Waals surface area contributed by atoms with Gasteiger partial charge in [-0.25, -0.2) is 0 Å². The summed E-state index contributed by atoms with van der Waals surface area (Å²) in [5.41, 5.74) is 0. The van der Waals surface area contributed by atoms with Crippen LogP contribution >= 0.6 is 0 Å². The van der Waals surface area contributed by atoms with E-state index in [9.17, 15) is 51.1 Å². The number of aliphatic hydroxyl groups excluding tert-OH is 10. The van der Waals surface area contributed by atoms with Crippen LogP contribution in [0.5, 0.6) is 0 Å². The maximum absolute atomic E-state index is 10.6. The standard InChI is InChI=1S/C17H30O15/c18-1-5-8(21)10(23)12(25)16(31-5)29-3-6-9(22)14(13(26)15(27)30-6)32-17-11(24)7(20)4(19)2-28-17/h4-27H,1-3H2/t4-,5-,6-,7+,8-,9-,10+,11+,12+,13+,14+,15?,16+,17-/m1/s1. The molecule has 3 rings (SSSR count). The highest BCUT2D eigenvalue weighted by Crippen LogP contribution is 2.28. The van der Waals surface area contributed by atoms with Gasteiger partial charge in [0.1, 0.15) is 67.1 Å². The van der Waals surface area contributed by atoms with Gasteiger partial charge < -0.3 is 74.7 Å². The van der Waals surface area contributed by atoms with E-state index in [0.29, 0.717) is 0 Å². The minimum Gasteiger partial charge on any atom is -0.394 e. The van der Waals surface area contributed by atoms with Crippen LogP contribution in [0.4, 0.5) is 0 Å². The topological polar surface area (TPSA) is 248 Å². The van der Waals surface area contributed by atoms with Crippen molar-refractivity contribution in [2.75, 3.05) is 19.8 Å². The Balaban J connectivity index is 1.62. The van der Waals surface area contributed by atoms with E-state index < -0.39 is 106 Å². The Morgan fingerprint density at radius 1 is 0.656 bits per heavy atom. The van der Waals surface area contributed by atoms with Crippen LogP contribution in [0.2, 0.25) is 0 Å². The summed E-state index contributed by atoms with van der Waals surface area (Å²) in [6.07, 6.45) is -22.4. The average molecular weight is 474 g/mol. The van der Waals surface area contributed by atoms with Crippen LogP contribution in [0.1, 0.15) is 0 Å². The predicted octanol–water partition coefficient (Wildman–Crippen LogP) is -6.93. The van der Waals surface area contributed by atoms with Gasteiger partial charge in [-0.2, -0.15) is 0 Å². The largest absolute Gasteiger partial charge is 0.394 e. The average Bonchev–Trinajstić information content (AvgIpc) is 2.77. The quantitative estimate of drug-likeness (QED) is 0.172. The smallest absolute Gasteiger partial charge is 0.186 e. The molecule has 3 aliphatic heterocycles. The van der Waals surface area contributed by atoms with Gasteiger partial charge in [0.15, 0.2) is 18.9 Å². The van der Waals surface area contributed by atoms with Crippen LogP contribution in [-0.4, -0.2) is 157 Å². The molecule has 0 aromatic carbocycles. The third kappa shape index (κ3) is 5.22. The molecule has 15 nitrogen and oxygen atoms in total. The first-order chi connectivity index (χ1) is 15.1. The molecule has 0 aliphatic carbocycles. The third-order valence-corrected chi connectivity index (χ3v) is 5.68. The highest BCUT2D eigenvalue weighted by molar-refractivity contribution is 4.93. The van der Waals surface area contributed by atoms with E-state index in [1.165, 1.54) is 0 Å². The second-order valence-corrected chi connectivity index (χ2v) is 7.93. The Hall–Kier alpha value is -0.600. The van der Waals surface area contributed by atoms with E-state index in [2.05, 4.69) is 0 Å². The van der Waals surface area contributed by atoms with Crippen molar-refractivity contribution in [1.82, 2.24) is 0 Å². The maximum Gasteiger partial charge on any atom is 0.186 e. The fraction of sp³-hybridized carbons (Fsp3) is 1.00. The molecule has 3 aliphatic rings. The SMILES string of the molecule is OC[C@H]1O[C@H](OC[C@H]2OC(O)[C@@H](O)[C@@H](O[C@H]3OC[C@@H](O)[C@H](O)[C@@H]3O)[C@@H]2O)[C@@H](O)[C@@H](O)[C@@H]1O. The molecule has 1 unspecified atom stereocenters. The monoisotopic (exact) mass is 474 g/mol. The Bertz CT molecular complexity index is 594. The first-order valence-electron chi connectivity index (χ1n) is 9.99. The fourth-order valence-corrected chi connectivity index (χ4v) is 3.66. The number of ether oxygens (including phenoxy) is 5. The minimum atomic E-state index is -1.87. The highest BCUT2D eigenvalue weighted by atomic mass is 16.7. The second-order valence-electron chi connectivity index (χ2n) is 7.93. The highest BCUT2D eigenvalue weighted by Gasteiger charge is 2.50. The van der Waals surface area contributed by atoms with Crippen LogP contribution in [0.25, 0.3) is 0 Å². The van der Waals surface area contributed by atoms with Gasteiger partial charge in [-0.3, -0.25) is 0 Å². The van der Waals surface area contributed by atoms with Gasteiger partial charge in [-0.1, -0.05) is 0 Å². The molecule has 0 amide bonds. The van der Waals surface area contributed by atoms with Gasteiger partial charge in [-0.15, -0.1) is 0 Å². The number of rotatable bonds is 6. The van der Waals surface area contributed by atoms with Gasteiger partial charge >= 0.3 is 0 Å². The lowest BCUT2D eigenvalue weighted by molar-refractivity contribution is -0.352. The van der Waals surface area contributed by atoms with Crippen molar-refractivity contribution in [3.8, 4) is 0 Å². The molecule has 3 saturated heterocycles. The Morgan fingerprint density at radius 3 is 1.97 bits per heavy atom. The molecule has 15 heteroatoms. The summed E-state index contributed by atoms with van der Waals surface area (Å²) in [5.74, 6) is 0. The Morgan fingerprint density at radius 2 is 1.31 bits per heavy atom. The lowest BCUT2D eigenvalue weighted by Crippen LogP contribution is -2.63. The molecule has 0 spiro atoms. The fourth-order valence-electron chi connectivity index (χ4n) is 3.66. The Kier molecular flexibility index (Phi) is 8.75. The van der Waals surface area contributed by atoms with Gasteiger partial charge in [0.25, 0.3) is 0 Å². The van der Waals surface area contributed by atoms with Crippen molar-refractivity contribution in [1.29, 1.82) is 0 Å². The van der Waals surface area contributed by atoms with Crippen LogP contribution in [0.15, 0.2) is 0 Å². The van der Waals surface area contributed by atoms with E-state index in [1.54, 1.807) is 0 Å². The normalized spacial score (nSPS) is 52.7. The number of aliphatic hydroxyl groups is 10. The summed E-state index contributed by atoms with van der Waals surface area (Å²) in [6.45, 7) is -1.65. The van der Waals surface area contributed by atoms with E-state index in [4.69, 9.17) is 23.7 Å². The maximum atomic E-state index is 10.6. The first kappa shape index (κ1) is 26.0. The summed E-state index contributed by atoms with van der Waals surface area (Å²) in [4.78, 5) is 0. The zero-order valence-electron chi connectivity index (χ0n) is 16.7. The van der Waals surface area contributed by atoms with Crippen molar-refractivity contribution in [3.05, 3.63) is 0 Å². The predicted molar refractivity (Wildman–Crippen MR) is 95.2 cm³/mol. The molecule has 3 fully saturated rings. The molecular formula is C17H30O15. The summed E-state index contributed by atoms with van der Waals surface area (Å²) in [7, 11) is 0. The van der Waals surface area contributed by atoms with Crippen LogP contribution in [0.3, 0.4) is 0 Å². The zero-order valence-corrected chi connectivity index (χ0v) is 16.7. The molecule has 32 heavy (non-hydrogen) atoms. The summed E-state index contributed by atoms with van der Waals surface area (Å²) in [5, 5.41) is 98.7. The lowest BCUT2D eigenvalue weighted by Gasteiger charge is -2.44. The van der Waals surface area contributed by atoms with E-state index in [1.807, 2.05) is 0 Å². The molecule has 188 valence electrons. The molecule has 0 aromatic rings. The minimum absolute atomic E-state index is 0.398. The molecule has 0 aromatic heterocycles. The van der Waals surface area contributed by atoms with Crippen molar-refractivity contribution >= 4 is 0 Å². The van der Waals surface area contributed by atoms with Crippen LogP contribution in [-0.2, 0) is 23.7 Å². The van der Waals surface area contributed by atoms with Crippen molar-refractivity contribution < 1.29 is 74.7 Å². The van der Waals surface area contributed by atoms with Crippen LogP contribution < -0.4 is 0 Å². The summed E-state index contributed by atoms with van der Waals surface area (Å²) >= 11 is 0. The van der Waals surface area contributed by atoms with E-state index in [-0.39, 0.29) is 0 Å². The van der Waals surface area contributed by atoms with Gasteiger partial charge in [0.05, 0.1) is 19.8 Å². The molecule has 0 saturated carbocycles. The zero-order chi connectivity index (χ0) is 23.7. The van der Waals surface area contributed by atoms with Gasteiger partial charge in [0, 0.05) is 0 Å². The molecule has 3 heterocycles. The summed E-state index contributed by atoms with van der Waals surface area (Å²) < 4.78 is 26.0. The molecule has 10 N–H and O–H groups in total. The second kappa shape index (κ2) is 10.8.